The number of anilines is 1. The first-order valence-corrected chi connectivity index (χ1v) is 12.1. The second-order valence-corrected chi connectivity index (χ2v) is 8.98. The number of halogens is 3. The fourth-order valence-electron chi connectivity index (χ4n) is 2.80. The zero-order valence-electron chi connectivity index (χ0n) is 18.2. The molecule has 0 atom stereocenters. The highest BCUT2D eigenvalue weighted by Gasteiger charge is 2.15. The van der Waals surface area contributed by atoms with Gasteiger partial charge < -0.3 is 10.1 Å². The molecular formula is C23H26BrCl2N3O4. The molecule has 0 saturated heterocycles. The van der Waals surface area contributed by atoms with Crippen molar-refractivity contribution in [3.63, 3.8) is 0 Å². The van der Waals surface area contributed by atoms with Gasteiger partial charge in [-0.2, -0.15) is 0 Å². The lowest BCUT2D eigenvalue weighted by molar-refractivity contribution is -0.124. The Morgan fingerprint density at radius 1 is 0.939 bits per heavy atom. The van der Waals surface area contributed by atoms with Crippen molar-refractivity contribution < 1.29 is 19.1 Å². The number of hydrogen-bond acceptors (Lipinski definition) is 4. The number of rotatable bonds is 11. The minimum atomic E-state index is -0.523. The summed E-state index contributed by atoms with van der Waals surface area (Å²) in [6.07, 6.45) is 3.99. The Bertz CT molecular complexity index is 988. The number of hydrazine groups is 1. The van der Waals surface area contributed by atoms with Gasteiger partial charge in [-0.05, 0) is 42.8 Å². The van der Waals surface area contributed by atoms with E-state index in [4.69, 9.17) is 27.9 Å². The van der Waals surface area contributed by atoms with Crippen molar-refractivity contribution >= 4 is 62.5 Å². The van der Waals surface area contributed by atoms with Crippen LogP contribution in [0.15, 0.2) is 40.9 Å². The Hall–Kier alpha value is -2.29. The molecule has 0 fully saturated rings. The predicted molar refractivity (Wildman–Crippen MR) is 134 cm³/mol. The van der Waals surface area contributed by atoms with E-state index in [1.54, 1.807) is 30.3 Å². The molecule has 0 aliphatic carbocycles. The molecule has 2 aromatic rings. The van der Waals surface area contributed by atoms with E-state index in [1.807, 2.05) is 0 Å². The predicted octanol–water partition coefficient (Wildman–Crippen LogP) is 5.89. The van der Waals surface area contributed by atoms with Crippen molar-refractivity contribution in [1.82, 2.24) is 10.9 Å². The van der Waals surface area contributed by atoms with E-state index in [1.165, 1.54) is 6.07 Å². The van der Waals surface area contributed by atoms with Crippen molar-refractivity contribution in [3.05, 3.63) is 56.5 Å². The first-order valence-electron chi connectivity index (χ1n) is 10.6. The fourth-order valence-corrected chi connectivity index (χ4v) is 3.62. The van der Waals surface area contributed by atoms with Gasteiger partial charge in [-0.1, -0.05) is 65.3 Å². The second-order valence-electron chi connectivity index (χ2n) is 7.22. The van der Waals surface area contributed by atoms with Gasteiger partial charge in [-0.15, -0.1) is 0 Å². The maximum absolute atomic E-state index is 12.6. The largest absolute Gasteiger partial charge is 0.493 e. The molecule has 0 unspecified atom stereocenters. The van der Waals surface area contributed by atoms with E-state index < -0.39 is 17.7 Å². The van der Waals surface area contributed by atoms with Crippen molar-refractivity contribution in [2.75, 3.05) is 11.9 Å². The van der Waals surface area contributed by atoms with Crippen LogP contribution in [0.2, 0.25) is 10.0 Å². The molecule has 33 heavy (non-hydrogen) atoms. The molecule has 0 spiro atoms. The Labute approximate surface area is 211 Å². The molecule has 0 aromatic heterocycles. The van der Waals surface area contributed by atoms with Crippen molar-refractivity contribution in [3.8, 4) is 5.75 Å². The minimum absolute atomic E-state index is 0.0936. The molecule has 3 amide bonds. The third-order valence-electron chi connectivity index (χ3n) is 4.54. The van der Waals surface area contributed by atoms with Crippen LogP contribution in [0.3, 0.4) is 0 Å². The lowest BCUT2D eigenvalue weighted by Gasteiger charge is -2.13. The lowest BCUT2D eigenvalue weighted by Crippen LogP contribution is -2.42. The van der Waals surface area contributed by atoms with Crippen LogP contribution in [0, 0.1) is 0 Å². The van der Waals surface area contributed by atoms with Gasteiger partial charge in [0.05, 0.1) is 22.9 Å². The number of hydrogen-bond donors (Lipinski definition) is 3. The number of benzene rings is 2. The highest BCUT2D eigenvalue weighted by atomic mass is 79.9. The average molecular weight is 559 g/mol. The summed E-state index contributed by atoms with van der Waals surface area (Å²) in [7, 11) is 0. The first-order chi connectivity index (χ1) is 15.8. The highest BCUT2D eigenvalue weighted by molar-refractivity contribution is 9.10. The van der Waals surface area contributed by atoms with Crippen LogP contribution in [-0.2, 0) is 9.59 Å². The number of nitrogens with one attached hydrogen (secondary N) is 3. The minimum Gasteiger partial charge on any atom is -0.493 e. The second kappa shape index (κ2) is 14.1. The fraction of sp³-hybridized carbons (Fsp3) is 0.348. The zero-order valence-corrected chi connectivity index (χ0v) is 21.3. The highest BCUT2D eigenvalue weighted by Crippen LogP contribution is 2.26. The van der Waals surface area contributed by atoms with Gasteiger partial charge in [0.25, 0.3) is 5.91 Å². The normalized spacial score (nSPS) is 10.4. The third-order valence-corrected chi connectivity index (χ3v) is 5.58. The van der Waals surface area contributed by atoms with Crippen molar-refractivity contribution in [2.24, 2.45) is 0 Å². The van der Waals surface area contributed by atoms with Crippen LogP contribution in [0.4, 0.5) is 5.69 Å². The van der Waals surface area contributed by atoms with E-state index in [0.717, 1.165) is 25.7 Å². The van der Waals surface area contributed by atoms with E-state index in [9.17, 15) is 14.4 Å². The van der Waals surface area contributed by atoms with E-state index in [0.29, 0.717) is 32.6 Å². The van der Waals surface area contributed by atoms with E-state index in [-0.39, 0.29) is 18.4 Å². The number of unbranched alkanes of at least 4 members (excludes halogenated alkanes) is 3. The number of amides is 3. The van der Waals surface area contributed by atoms with E-state index in [2.05, 4.69) is 39.0 Å². The number of ether oxygens (including phenoxy) is 1. The van der Waals surface area contributed by atoms with Crippen LogP contribution in [0.5, 0.6) is 5.75 Å². The number of carbonyl (C=O) groups excluding carboxylic acids is 3. The smallest absolute Gasteiger partial charge is 0.273 e. The van der Waals surface area contributed by atoms with Crippen LogP contribution in [0.1, 0.15) is 55.8 Å². The lowest BCUT2D eigenvalue weighted by atomic mass is 10.2. The SMILES string of the molecule is CCCCCCOc1ccc(Br)cc1C(=O)NNC(=O)CCC(=O)Nc1ccc(Cl)cc1Cl. The zero-order chi connectivity index (χ0) is 24.2. The molecule has 0 radical (unpaired) electrons. The van der Waals surface area contributed by atoms with Crippen LogP contribution in [-0.4, -0.2) is 24.3 Å². The van der Waals surface area contributed by atoms with Crippen molar-refractivity contribution in [2.45, 2.75) is 45.4 Å². The molecule has 2 rings (SSSR count). The molecule has 2 aromatic carbocycles. The molecule has 0 saturated carbocycles. The van der Waals surface area contributed by atoms with Crippen LogP contribution < -0.4 is 20.9 Å². The molecule has 0 bridgehead atoms. The Morgan fingerprint density at radius 3 is 2.42 bits per heavy atom. The van der Waals surface area contributed by atoms with Gasteiger partial charge in [0.15, 0.2) is 0 Å². The Kier molecular flexibility index (Phi) is 11.5. The molecule has 0 aliphatic heterocycles. The number of carbonyl (C=O) groups is 3. The molecule has 3 N–H and O–H groups in total. The molecular weight excluding hydrogens is 533 g/mol. The molecule has 7 nitrogen and oxygen atoms in total. The maximum Gasteiger partial charge on any atom is 0.273 e. The van der Waals surface area contributed by atoms with E-state index >= 15 is 0 Å². The van der Waals surface area contributed by atoms with Crippen LogP contribution in [0.25, 0.3) is 0 Å². The molecule has 178 valence electrons. The summed E-state index contributed by atoms with van der Waals surface area (Å²) in [6, 6.07) is 9.77. The first kappa shape index (κ1) is 27.0. The van der Waals surface area contributed by atoms with Gasteiger partial charge in [-0.25, -0.2) is 0 Å². The summed E-state index contributed by atoms with van der Waals surface area (Å²) in [4.78, 5) is 36.7. The average Bonchev–Trinajstić information content (AvgIpc) is 2.78. The molecule has 10 heteroatoms. The summed E-state index contributed by atoms with van der Waals surface area (Å²) in [6.45, 7) is 2.63. The topological polar surface area (TPSA) is 96.5 Å². The summed E-state index contributed by atoms with van der Waals surface area (Å²) in [5.41, 5.74) is 5.36. The van der Waals surface area contributed by atoms with Gasteiger partial charge in [0.2, 0.25) is 11.8 Å². The van der Waals surface area contributed by atoms with Gasteiger partial charge in [0, 0.05) is 22.3 Å². The Morgan fingerprint density at radius 2 is 1.70 bits per heavy atom. The van der Waals surface area contributed by atoms with Crippen LogP contribution >= 0.6 is 39.1 Å². The quantitative estimate of drug-likeness (QED) is 0.236. The standard InChI is InChI=1S/C23H26BrCl2N3O4/c1-2-3-4-5-12-33-20-9-6-15(24)13-17(20)23(32)29-28-22(31)11-10-21(30)27-19-8-7-16(25)14-18(19)26/h6-9,13-14H,2-5,10-12H2,1H3,(H,27,30)(H,28,31)(H,29,32). The summed E-state index contributed by atoms with van der Waals surface area (Å²) in [5.74, 6) is -1.00. The van der Waals surface area contributed by atoms with Gasteiger partial charge >= 0.3 is 0 Å². The molecule has 0 heterocycles. The molecule has 0 aliphatic rings. The van der Waals surface area contributed by atoms with Gasteiger partial charge in [-0.3, -0.25) is 25.2 Å². The maximum atomic E-state index is 12.6. The Balaban J connectivity index is 1.81. The monoisotopic (exact) mass is 557 g/mol. The summed E-state index contributed by atoms with van der Waals surface area (Å²) in [5, 5.41) is 3.35. The summed E-state index contributed by atoms with van der Waals surface area (Å²) >= 11 is 15.2. The van der Waals surface area contributed by atoms with Gasteiger partial charge in [0.1, 0.15) is 5.75 Å². The third kappa shape index (κ3) is 9.61. The van der Waals surface area contributed by atoms with Crippen molar-refractivity contribution in [1.29, 1.82) is 0 Å². The summed E-state index contributed by atoms with van der Waals surface area (Å²) < 4.78 is 6.46.